The predicted octanol–water partition coefficient (Wildman–Crippen LogP) is 1.07. The molecule has 2 saturated heterocycles. The molecule has 2 fully saturated rings. The van der Waals surface area contributed by atoms with Crippen molar-refractivity contribution < 1.29 is 18.1 Å². The molecule has 0 aromatic heterocycles. The number of hydrogen-bond acceptors (Lipinski definition) is 5. The quantitative estimate of drug-likeness (QED) is 0.890. The van der Waals surface area contributed by atoms with Crippen LogP contribution in [0, 0.1) is 5.82 Å². The molecule has 126 valence electrons. The van der Waals surface area contributed by atoms with Gasteiger partial charge < -0.3 is 15.4 Å². The SMILES string of the molecule is NC[C@H]1CN(c2ccc(N3CCCS(=O)CC3)c(F)c2)C(=O)O1. The number of nitrogens with zero attached hydrogens (tertiary/aromatic N) is 2. The second-order valence-electron chi connectivity index (χ2n) is 5.68. The Morgan fingerprint density at radius 2 is 2.17 bits per heavy atom. The van der Waals surface area contributed by atoms with Crippen LogP contribution in [0.25, 0.3) is 0 Å². The van der Waals surface area contributed by atoms with E-state index in [0.29, 0.717) is 42.5 Å². The lowest BCUT2D eigenvalue weighted by molar-refractivity contribution is 0.145. The van der Waals surface area contributed by atoms with Crippen LogP contribution in [0.2, 0.25) is 0 Å². The lowest BCUT2D eigenvalue weighted by Gasteiger charge is -2.23. The van der Waals surface area contributed by atoms with Crippen LogP contribution in [0.3, 0.4) is 0 Å². The maximum atomic E-state index is 14.5. The van der Waals surface area contributed by atoms with Gasteiger partial charge in [-0.25, -0.2) is 9.18 Å². The lowest BCUT2D eigenvalue weighted by atomic mass is 10.2. The van der Waals surface area contributed by atoms with Crippen molar-refractivity contribution in [3.8, 4) is 0 Å². The predicted molar refractivity (Wildman–Crippen MR) is 87.8 cm³/mol. The van der Waals surface area contributed by atoms with Gasteiger partial charge in [-0.05, 0) is 24.6 Å². The minimum absolute atomic E-state index is 0.244. The minimum atomic E-state index is -0.820. The first-order valence-electron chi connectivity index (χ1n) is 7.66. The van der Waals surface area contributed by atoms with Crippen LogP contribution in [-0.4, -0.2) is 54.1 Å². The maximum absolute atomic E-state index is 14.5. The number of carbonyl (C=O) groups is 1. The van der Waals surface area contributed by atoms with E-state index in [1.165, 1.54) is 11.0 Å². The zero-order chi connectivity index (χ0) is 16.4. The fourth-order valence-corrected chi connectivity index (χ4v) is 3.94. The van der Waals surface area contributed by atoms with E-state index in [-0.39, 0.29) is 18.5 Å². The minimum Gasteiger partial charge on any atom is -0.443 e. The molecule has 0 bridgehead atoms. The van der Waals surface area contributed by atoms with Gasteiger partial charge in [-0.2, -0.15) is 0 Å². The average molecular weight is 341 g/mol. The average Bonchev–Trinajstić information content (AvgIpc) is 2.78. The number of amides is 1. The Bertz CT molecular complexity index is 628. The largest absolute Gasteiger partial charge is 0.443 e. The van der Waals surface area contributed by atoms with Crippen molar-refractivity contribution in [2.75, 3.05) is 47.5 Å². The topological polar surface area (TPSA) is 75.9 Å². The number of ether oxygens (including phenoxy) is 1. The van der Waals surface area contributed by atoms with Gasteiger partial charge in [-0.1, -0.05) is 0 Å². The number of nitrogens with two attached hydrogens (primary N) is 1. The van der Waals surface area contributed by atoms with Gasteiger partial charge in [0, 0.05) is 41.9 Å². The van der Waals surface area contributed by atoms with Gasteiger partial charge in [-0.3, -0.25) is 9.11 Å². The number of rotatable bonds is 3. The van der Waals surface area contributed by atoms with Crippen LogP contribution >= 0.6 is 0 Å². The van der Waals surface area contributed by atoms with Crippen molar-refractivity contribution in [3.63, 3.8) is 0 Å². The van der Waals surface area contributed by atoms with Crippen LogP contribution in [0.15, 0.2) is 18.2 Å². The Balaban J connectivity index is 1.78. The first kappa shape index (κ1) is 16.2. The maximum Gasteiger partial charge on any atom is 0.414 e. The zero-order valence-electron chi connectivity index (χ0n) is 12.7. The van der Waals surface area contributed by atoms with Crippen molar-refractivity contribution in [2.24, 2.45) is 5.73 Å². The van der Waals surface area contributed by atoms with E-state index in [0.717, 1.165) is 6.42 Å². The third-order valence-electron chi connectivity index (χ3n) is 4.11. The second-order valence-corrected chi connectivity index (χ2v) is 7.37. The Kier molecular flexibility index (Phi) is 4.82. The van der Waals surface area contributed by atoms with Crippen LogP contribution in [0.5, 0.6) is 0 Å². The summed E-state index contributed by atoms with van der Waals surface area (Å²) in [5.74, 6) is 0.827. The molecule has 2 heterocycles. The highest BCUT2D eigenvalue weighted by Crippen LogP contribution is 2.28. The van der Waals surface area contributed by atoms with E-state index in [1.807, 2.05) is 4.90 Å². The summed E-state index contributed by atoms with van der Waals surface area (Å²) in [6, 6.07) is 4.72. The molecule has 2 aliphatic rings. The first-order chi connectivity index (χ1) is 11.1. The molecular weight excluding hydrogens is 321 g/mol. The number of carbonyl (C=O) groups excluding carboxylic acids is 1. The molecule has 3 rings (SSSR count). The number of cyclic esters (lactones) is 1. The zero-order valence-corrected chi connectivity index (χ0v) is 13.6. The molecule has 8 heteroatoms. The smallest absolute Gasteiger partial charge is 0.414 e. The van der Waals surface area contributed by atoms with Crippen molar-refractivity contribution >= 4 is 28.3 Å². The molecule has 0 saturated carbocycles. The van der Waals surface area contributed by atoms with Crippen LogP contribution in [0.1, 0.15) is 6.42 Å². The molecular formula is C15H20FN3O3S. The molecule has 6 nitrogen and oxygen atoms in total. The fourth-order valence-electron chi connectivity index (χ4n) is 2.86. The van der Waals surface area contributed by atoms with Crippen molar-refractivity contribution in [2.45, 2.75) is 12.5 Å². The third-order valence-corrected chi connectivity index (χ3v) is 5.49. The number of benzene rings is 1. The lowest BCUT2D eigenvalue weighted by Crippen LogP contribution is -2.29. The molecule has 1 aromatic rings. The molecule has 0 aliphatic carbocycles. The summed E-state index contributed by atoms with van der Waals surface area (Å²) in [5.41, 5.74) is 6.45. The normalized spacial score (nSPS) is 25.4. The monoisotopic (exact) mass is 341 g/mol. The highest BCUT2D eigenvalue weighted by atomic mass is 32.2. The summed E-state index contributed by atoms with van der Waals surface area (Å²) in [5, 5.41) is 0. The van der Waals surface area contributed by atoms with Crippen molar-refractivity contribution in [1.29, 1.82) is 0 Å². The summed E-state index contributed by atoms with van der Waals surface area (Å²) >= 11 is 0. The third kappa shape index (κ3) is 3.48. The van der Waals surface area contributed by atoms with Crippen LogP contribution in [-0.2, 0) is 15.5 Å². The molecule has 2 atom stereocenters. The van der Waals surface area contributed by atoms with E-state index in [2.05, 4.69) is 0 Å². The van der Waals surface area contributed by atoms with Gasteiger partial charge >= 0.3 is 6.09 Å². The molecule has 1 unspecified atom stereocenters. The van der Waals surface area contributed by atoms with Crippen molar-refractivity contribution in [3.05, 3.63) is 24.0 Å². The van der Waals surface area contributed by atoms with Crippen LogP contribution < -0.4 is 15.5 Å². The summed E-state index contributed by atoms with van der Waals surface area (Å²) in [4.78, 5) is 15.1. The van der Waals surface area contributed by atoms with Gasteiger partial charge in [0.2, 0.25) is 0 Å². The Morgan fingerprint density at radius 1 is 1.35 bits per heavy atom. The van der Waals surface area contributed by atoms with Crippen LogP contribution in [0.4, 0.5) is 20.6 Å². The Hall–Kier alpha value is -1.67. The molecule has 2 aliphatic heterocycles. The molecule has 2 N–H and O–H groups in total. The number of anilines is 2. The molecule has 1 aromatic carbocycles. The van der Waals surface area contributed by atoms with E-state index in [1.54, 1.807) is 12.1 Å². The number of hydrogen-bond donors (Lipinski definition) is 1. The Morgan fingerprint density at radius 3 is 2.87 bits per heavy atom. The molecule has 23 heavy (non-hydrogen) atoms. The van der Waals surface area contributed by atoms with Gasteiger partial charge in [0.25, 0.3) is 0 Å². The van der Waals surface area contributed by atoms with Gasteiger partial charge in [0.1, 0.15) is 11.9 Å². The fraction of sp³-hybridized carbons (Fsp3) is 0.533. The molecule has 0 radical (unpaired) electrons. The summed E-state index contributed by atoms with van der Waals surface area (Å²) in [6.07, 6.45) is -0.0756. The standard InChI is InChI=1S/C15H20FN3O3S/c16-13-8-11(19-10-12(9-17)22-15(19)20)2-3-14(13)18-4-1-6-23(21)7-5-18/h2-3,8,12H,1,4-7,9-10,17H2/t12-,23?/m0/s1. The highest BCUT2D eigenvalue weighted by molar-refractivity contribution is 7.85. The van der Waals surface area contributed by atoms with Gasteiger partial charge in [0.05, 0.1) is 17.9 Å². The van der Waals surface area contributed by atoms with Gasteiger partial charge in [-0.15, -0.1) is 0 Å². The van der Waals surface area contributed by atoms with E-state index in [4.69, 9.17) is 10.5 Å². The van der Waals surface area contributed by atoms with E-state index in [9.17, 15) is 13.4 Å². The van der Waals surface area contributed by atoms with Gasteiger partial charge in [0.15, 0.2) is 0 Å². The van der Waals surface area contributed by atoms with Crippen molar-refractivity contribution in [1.82, 2.24) is 0 Å². The first-order valence-corrected chi connectivity index (χ1v) is 9.15. The summed E-state index contributed by atoms with van der Waals surface area (Å²) in [6.45, 7) is 1.83. The highest BCUT2D eigenvalue weighted by Gasteiger charge is 2.32. The van der Waals surface area contributed by atoms with E-state index >= 15 is 0 Å². The number of halogens is 1. The summed E-state index contributed by atoms with van der Waals surface area (Å²) in [7, 11) is -0.820. The molecule has 1 amide bonds. The summed E-state index contributed by atoms with van der Waals surface area (Å²) < 4.78 is 31.2. The molecule has 0 spiro atoms. The second kappa shape index (κ2) is 6.84. The Labute approximate surface area is 136 Å². The van der Waals surface area contributed by atoms with E-state index < -0.39 is 16.9 Å².